The number of rotatable bonds is 13. The van der Waals surface area contributed by atoms with Crippen LogP contribution in [0.4, 0.5) is 0 Å². The van der Waals surface area contributed by atoms with Gasteiger partial charge in [-0.25, -0.2) is 14.4 Å². The number of halogens is 5. The Morgan fingerprint density at radius 3 is 0.812 bits per heavy atom. The molecular weight excluding hydrogens is 2190 g/mol. The molecule has 674 valence electrons. The molecule has 12 nitrogen and oxygen atoms in total. The molecule has 0 amide bonds. The number of ether oxygens (including phenoxy) is 2. The van der Waals surface area contributed by atoms with E-state index in [2.05, 4.69) is 292 Å². The number of nitriles is 5. The summed E-state index contributed by atoms with van der Waals surface area (Å²) in [5.74, 6) is 24.4. The number of carbonyl (C=O) groups excluding carboxylic acids is 2. The zero-order chi connectivity index (χ0) is 96.7. The molecule has 138 heavy (non-hydrogen) atoms. The van der Waals surface area contributed by atoms with Gasteiger partial charge in [0.05, 0.1) is 74.9 Å². The van der Waals surface area contributed by atoms with Gasteiger partial charge in [0.2, 0.25) is 0 Å². The minimum Gasteiger partial charge on any atom is -0.870 e. The average Bonchev–Trinajstić information content (AvgIpc) is 0.808. The van der Waals surface area contributed by atoms with Crippen LogP contribution in [0.25, 0.3) is 0 Å². The normalized spacial score (nSPS) is 9.36. The fourth-order valence-corrected chi connectivity index (χ4v) is 17.5. The summed E-state index contributed by atoms with van der Waals surface area (Å²) >= 11 is 12.4. The molecule has 0 saturated carbocycles. The molecule has 0 spiro atoms. The van der Waals surface area contributed by atoms with Crippen molar-refractivity contribution >= 4 is 137 Å². The third-order valence-electron chi connectivity index (χ3n) is 18.8. The van der Waals surface area contributed by atoms with Crippen LogP contribution in [0.2, 0.25) is 0 Å². The minimum atomic E-state index is -1.09. The van der Waals surface area contributed by atoms with Crippen molar-refractivity contribution in [2.45, 2.75) is 13.2 Å². The van der Waals surface area contributed by atoms with E-state index in [9.17, 15) is 19.5 Å². The van der Waals surface area contributed by atoms with Crippen LogP contribution in [0.5, 0.6) is 0 Å². The largest absolute Gasteiger partial charge is 1.00 e. The van der Waals surface area contributed by atoms with Gasteiger partial charge in [-0.1, -0.05) is 312 Å². The average molecular weight is 2260 g/mol. The third kappa shape index (κ3) is 38.2. The number of carboxylic acid groups (broad SMARTS) is 1. The first-order valence-electron chi connectivity index (χ1n) is 40.9. The van der Waals surface area contributed by atoms with Crippen molar-refractivity contribution in [1.82, 2.24) is 0 Å². The number of carboxylic acids is 1. The second-order valence-corrected chi connectivity index (χ2v) is 36.5. The number of esters is 2. The number of hydrogen-bond acceptors (Lipinski definition) is 11. The molecule has 16 aromatic rings. The van der Waals surface area contributed by atoms with Gasteiger partial charge in [-0.2, -0.15) is 26.3 Å². The molecule has 0 fully saturated rings. The van der Waals surface area contributed by atoms with Crippen LogP contribution in [-0.4, -0.2) is 28.5 Å². The van der Waals surface area contributed by atoms with Crippen molar-refractivity contribution in [3.05, 3.63) is 533 Å². The van der Waals surface area contributed by atoms with Crippen LogP contribution >= 0.6 is 87.1 Å². The monoisotopic (exact) mass is 2260 g/mol. The van der Waals surface area contributed by atoms with Crippen LogP contribution in [0.15, 0.2) is 428 Å². The smallest absolute Gasteiger partial charge is 0.870 e. The topological polar surface area (TPSA) is 239 Å². The summed E-state index contributed by atoms with van der Waals surface area (Å²) in [5.41, 5.74) is 11.4. The molecule has 0 bridgehead atoms. The molecule has 0 atom stereocenters. The van der Waals surface area contributed by atoms with Crippen molar-refractivity contribution in [1.29, 1.82) is 26.3 Å². The summed E-state index contributed by atoms with van der Waals surface area (Å²) in [7, 11) is 8.74. The quantitative estimate of drug-likeness (QED) is 0.0373. The van der Waals surface area contributed by atoms with Gasteiger partial charge >= 0.3 is 116 Å². The minimum absolute atomic E-state index is 0. The number of benzene rings is 16. The molecule has 0 saturated heterocycles. The summed E-state index contributed by atoms with van der Waals surface area (Å²) in [5, 5.41) is 61.9. The molecular formula is C116H76Br2Cl2CuIN5NaO7P2Pd. The maximum Gasteiger partial charge on any atom is 1.00 e. The zero-order valence-electron chi connectivity index (χ0n) is 73.4. The Hall–Kier alpha value is -13.5. The Balaban J connectivity index is 0.000000230. The molecule has 22 heteroatoms. The maximum absolute atomic E-state index is 13.0. The van der Waals surface area contributed by atoms with Gasteiger partial charge < -0.3 is 20.1 Å². The van der Waals surface area contributed by atoms with Gasteiger partial charge in [-0.15, -0.1) is 6.42 Å². The number of terminal acetylenes is 1. The second kappa shape index (κ2) is 63.7. The van der Waals surface area contributed by atoms with E-state index in [1.54, 1.807) is 178 Å². The van der Waals surface area contributed by atoms with Crippen LogP contribution < -0.4 is 61.4 Å². The summed E-state index contributed by atoms with van der Waals surface area (Å²) in [6.07, 6.45) is 5.11. The molecule has 0 aliphatic rings. The van der Waals surface area contributed by atoms with E-state index in [1.807, 2.05) is 91.0 Å². The molecule has 0 unspecified atom stereocenters. The molecule has 16 aromatic carbocycles. The van der Waals surface area contributed by atoms with E-state index < -0.39 is 27.8 Å². The maximum atomic E-state index is 13.0. The predicted octanol–water partition coefficient (Wildman–Crippen LogP) is 21.6. The fourth-order valence-electron chi connectivity index (χ4n) is 12.1. The second-order valence-electron chi connectivity index (χ2n) is 27.9. The molecule has 16 rings (SSSR count). The van der Waals surface area contributed by atoms with Crippen molar-refractivity contribution in [2.75, 3.05) is 0 Å². The first-order valence-corrected chi connectivity index (χ1v) is 52.2. The van der Waals surface area contributed by atoms with E-state index in [0.29, 0.717) is 66.8 Å². The number of aromatic carboxylic acids is 1. The Kier molecular flexibility index (Phi) is 51.5. The number of hydrogen-bond donors (Lipinski definition) is 1. The van der Waals surface area contributed by atoms with Crippen LogP contribution in [0, 0.1) is 116 Å². The van der Waals surface area contributed by atoms with Crippen molar-refractivity contribution < 1.29 is 92.7 Å². The standard InChI is InChI=1S/C32H18N2O2.C25H12N2O2.2C18H15P.C14H10Br2O2.C9H5N.2ClH.Cu.HI.Na.H2O.Pd/c33-21-27-12-7-24(8-13-27)6-11-26-17-19-30(18-16-25-9-14-28(22-34)15-10-25)31(20-26)32(35)36-23-29-4-2-1-3-5-29;26-16-21-7-2-18(3-8-21)1-6-20-12-14-23(24(15-20)25(28)29)13-11-19-4-9-22(17-27)10-5-19;2*1-4-10-16(11-5-1)19(17-12-6-2-7-13-17)18-14-8-3-9-15-18;15-11-6-7-13(16)12(8-11)14(17)18-9-10-4-2-1-3-5-10;1-2-8-3-5-9(7-10)6-4-8;;;;;;;/h1-5,7-10,12-15,17,19-20H,23H2;2-5,7-10,12,14-15H,(H,28,29);2*1-15H;1-8H,9H2;1,3-6H;2*1H;;1H;;1H2;/q;;;;;;;;+1;;+1;;+2/p-4. The molecule has 0 aromatic heterocycles. The van der Waals surface area contributed by atoms with E-state index in [0.717, 1.165) is 42.3 Å². The SMILES string of the molecule is C#Cc1ccc(C#N)cc1.N#Cc1ccc(C#Cc2ccc(C#Cc3ccc(C#N)cc3)c(C(=O)O)c2)cc1.N#Cc1ccc(C#Cc2ccc(C#Cc3ccc(C#N)cc3)c(C(=O)OCc3ccccc3)c2)cc1.O=C(OCc1ccccc1)c1cc(Br)ccc1Br.[Cl][Pd][Cl].[Cu][I].[Na+].[OH-].c1ccc(P(c2ccccc2)c2ccccc2)cc1.c1ccc(P(c2ccccc2)c2ccccc2)cc1. The van der Waals surface area contributed by atoms with E-state index in [1.165, 1.54) is 37.9 Å². The molecule has 0 radical (unpaired) electrons. The Bertz CT molecular complexity index is 6840. The summed E-state index contributed by atoms with van der Waals surface area (Å²) in [4.78, 5) is 36.6. The van der Waals surface area contributed by atoms with E-state index in [4.69, 9.17) is 61.3 Å². The first kappa shape index (κ1) is 111. The van der Waals surface area contributed by atoms with Gasteiger partial charge in [0.25, 0.3) is 0 Å². The third-order valence-corrected chi connectivity index (χ3v) is 24.8. The van der Waals surface area contributed by atoms with Gasteiger partial charge in [-0.3, -0.25) is 0 Å². The zero-order valence-corrected chi connectivity index (χ0v) is 86.5. The van der Waals surface area contributed by atoms with E-state index >= 15 is 0 Å². The van der Waals surface area contributed by atoms with Crippen molar-refractivity contribution in [2.24, 2.45) is 0 Å². The number of carbonyl (C=O) groups is 3. The summed E-state index contributed by atoms with van der Waals surface area (Å²) in [6, 6.07) is 144. The Labute approximate surface area is 882 Å². The molecule has 0 heterocycles. The van der Waals surface area contributed by atoms with Crippen LogP contribution in [0.1, 0.15) is 120 Å². The van der Waals surface area contributed by atoms with Crippen LogP contribution in [-0.2, 0) is 51.4 Å². The predicted molar refractivity (Wildman–Crippen MR) is 558 cm³/mol. The molecule has 0 aliphatic heterocycles. The Morgan fingerprint density at radius 2 is 0.543 bits per heavy atom. The van der Waals surface area contributed by atoms with Crippen molar-refractivity contribution in [3.8, 4) is 90.1 Å². The van der Waals surface area contributed by atoms with Gasteiger partial charge in [-0.05, 0) is 251 Å². The fraction of sp³-hybridized carbons (Fsp3) is 0.0172. The van der Waals surface area contributed by atoms with Gasteiger partial charge in [0.1, 0.15) is 13.2 Å². The molecule has 2 N–H and O–H groups in total. The van der Waals surface area contributed by atoms with Gasteiger partial charge in [0.15, 0.2) is 0 Å². The Morgan fingerprint density at radius 1 is 0.319 bits per heavy atom. The first-order chi connectivity index (χ1) is 66.6. The summed E-state index contributed by atoms with van der Waals surface area (Å²) in [6.45, 7) is 0.419. The summed E-state index contributed by atoms with van der Waals surface area (Å²) < 4.78 is 12.4. The van der Waals surface area contributed by atoms with Crippen LogP contribution in [0.3, 0.4) is 0 Å². The van der Waals surface area contributed by atoms with E-state index in [-0.39, 0.29) is 75.7 Å². The van der Waals surface area contributed by atoms with Gasteiger partial charge in [0, 0.05) is 59.0 Å². The molecule has 0 aliphatic carbocycles. The van der Waals surface area contributed by atoms with Crippen molar-refractivity contribution in [3.63, 3.8) is 0 Å². The number of nitrogens with zero attached hydrogens (tertiary/aromatic N) is 5.